The average molecular weight is 467 g/mol. The maximum absolute atomic E-state index is 12.5. The molecule has 0 aliphatic carbocycles. The van der Waals surface area contributed by atoms with Gasteiger partial charge in [0.15, 0.2) is 5.78 Å². The molecule has 3 aromatic rings. The molecular formula is C24H19BrO5. The van der Waals surface area contributed by atoms with Gasteiger partial charge in [0.25, 0.3) is 0 Å². The van der Waals surface area contributed by atoms with E-state index in [-0.39, 0.29) is 5.78 Å². The van der Waals surface area contributed by atoms with Gasteiger partial charge in [0.2, 0.25) is 0 Å². The van der Waals surface area contributed by atoms with Gasteiger partial charge in [0, 0.05) is 10.5 Å². The molecule has 0 aliphatic rings. The summed E-state index contributed by atoms with van der Waals surface area (Å²) in [6, 6.07) is 19.0. The summed E-state index contributed by atoms with van der Waals surface area (Å²) < 4.78 is 16.5. The zero-order chi connectivity index (χ0) is 21.5. The van der Waals surface area contributed by atoms with Crippen molar-refractivity contribution in [3.63, 3.8) is 0 Å². The number of rotatable bonds is 7. The lowest BCUT2D eigenvalue weighted by Crippen LogP contribution is -2.09. The second-order valence-electron chi connectivity index (χ2n) is 6.20. The number of ketones is 1. The van der Waals surface area contributed by atoms with Gasteiger partial charge in [0.05, 0.1) is 25.3 Å². The predicted octanol–water partition coefficient (Wildman–Crippen LogP) is 5.58. The van der Waals surface area contributed by atoms with Crippen molar-refractivity contribution < 1.29 is 23.8 Å². The van der Waals surface area contributed by atoms with Gasteiger partial charge in [-0.1, -0.05) is 30.3 Å². The van der Waals surface area contributed by atoms with Gasteiger partial charge in [-0.2, -0.15) is 0 Å². The number of carbonyl (C=O) groups excluding carboxylic acids is 2. The van der Waals surface area contributed by atoms with Crippen LogP contribution in [-0.2, 0) is 0 Å². The van der Waals surface area contributed by atoms with Gasteiger partial charge < -0.3 is 14.2 Å². The molecule has 0 aromatic heterocycles. The highest BCUT2D eigenvalue weighted by Gasteiger charge is 2.12. The molecule has 0 N–H and O–H groups in total. The second-order valence-corrected chi connectivity index (χ2v) is 7.06. The maximum atomic E-state index is 12.5. The normalized spacial score (nSPS) is 10.6. The Labute approximate surface area is 183 Å². The lowest BCUT2D eigenvalue weighted by molar-refractivity contribution is 0.0733. The molecule has 0 heterocycles. The summed E-state index contributed by atoms with van der Waals surface area (Å²) in [5, 5.41) is 0. The number of hydrogen-bond donors (Lipinski definition) is 0. The Kier molecular flexibility index (Phi) is 7.03. The molecule has 0 unspecified atom stereocenters. The van der Waals surface area contributed by atoms with Crippen LogP contribution in [0.2, 0.25) is 0 Å². The summed E-state index contributed by atoms with van der Waals surface area (Å²) >= 11 is 3.34. The smallest absolute Gasteiger partial charge is 0.344 e. The number of ether oxygens (including phenoxy) is 3. The van der Waals surface area contributed by atoms with E-state index in [0.717, 1.165) is 5.56 Å². The topological polar surface area (TPSA) is 61.8 Å². The average Bonchev–Trinajstić information content (AvgIpc) is 2.78. The highest BCUT2D eigenvalue weighted by molar-refractivity contribution is 9.10. The van der Waals surface area contributed by atoms with Crippen LogP contribution in [0.1, 0.15) is 26.3 Å². The summed E-state index contributed by atoms with van der Waals surface area (Å²) in [7, 11) is 3.05. The van der Waals surface area contributed by atoms with Gasteiger partial charge >= 0.3 is 5.97 Å². The van der Waals surface area contributed by atoms with Gasteiger partial charge in [-0.25, -0.2) is 4.79 Å². The van der Waals surface area contributed by atoms with Crippen LogP contribution in [0, 0.1) is 0 Å². The summed E-state index contributed by atoms with van der Waals surface area (Å²) in [6.45, 7) is 0. The Morgan fingerprint density at radius 2 is 1.53 bits per heavy atom. The molecule has 0 aliphatic heterocycles. The molecule has 0 atom stereocenters. The Balaban J connectivity index is 1.68. The number of allylic oxidation sites excluding steroid dienone is 1. The van der Waals surface area contributed by atoms with E-state index in [0.29, 0.717) is 32.8 Å². The van der Waals surface area contributed by atoms with Crippen molar-refractivity contribution in [1.29, 1.82) is 0 Å². The third kappa shape index (κ3) is 5.15. The Morgan fingerprint density at radius 1 is 0.833 bits per heavy atom. The van der Waals surface area contributed by atoms with E-state index in [9.17, 15) is 9.59 Å². The number of esters is 1. The molecule has 0 saturated carbocycles. The molecule has 0 saturated heterocycles. The Hall–Kier alpha value is -3.38. The molecule has 3 rings (SSSR count). The van der Waals surface area contributed by atoms with Crippen LogP contribution in [-0.4, -0.2) is 26.0 Å². The zero-order valence-electron chi connectivity index (χ0n) is 16.4. The van der Waals surface area contributed by atoms with E-state index in [4.69, 9.17) is 14.2 Å². The number of carbonyl (C=O) groups is 2. The molecular weight excluding hydrogens is 448 g/mol. The van der Waals surface area contributed by atoms with Crippen LogP contribution >= 0.6 is 15.9 Å². The van der Waals surface area contributed by atoms with Crippen LogP contribution in [0.5, 0.6) is 17.2 Å². The lowest BCUT2D eigenvalue weighted by Gasteiger charge is -2.08. The van der Waals surface area contributed by atoms with E-state index in [1.165, 1.54) is 13.2 Å². The van der Waals surface area contributed by atoms with Crippen molar-refractivity contribution in [1.82, 2.24) is 0 Å². The van der Waals surface area contributed by atoms with Crippen molar-refractivity contribution in [3.05, 3.63) is 94.0 Å². The molecule has 3 aromatic carbocycles. The van der Waals surface area contributed by atoms with E-state index in [1.807, 2.05) is 6.07 Å². The Bertz CT molecular complexity index is 1090. The summed E-state index contributed by atoms with van der Waals surface area (Å²) in [6.07, 6.45) is 3.15. The highest BCUT2D eigenvalue weighted by atomic mass is 79.9. The van der Waals surface area contributed by atoms with Crippen molar-refractivity contribution in [3.8, 4) is 17.2 Å². The molecule has 6 heteroatoms. The van der Waals surface area contributed by atoms with Crippen LogP contribution in [0.3, 0.4) is 0 Å². The monoisotopic (exact) mass is 466 g/mol. The SMILES string of the molecule is COc1ccc(C(=O)C=Cc2ccc(OC(=O)c3ccccc3Br)cc2)c(OC)c1. The van der Waals surface area contributed by atoms with Gasteiger partial charge in [0.1, 0.15) is 17.2 Å². The fraction of sp³-hybridized carbons (Fsp3) is 0.0833. The number of hydrogen-bond acceptors (Lipinski definition) is 5. The van der Waals surface area contributed by atoms with Crippen LogP contribution in [0.25, 0.3) is 6.08 Å². The second kappa shape index (κ2) is 9.89. The van der Waals surface area contributed by atoms with Crippen LogP contribution in [0.4, 0.5) is 0 Å². The van der Waals surface area contributed by atoms with E-state index < -0.39 is 5.97 Å². The van der Waals surface area contributed by atoms with Gasteiger partial charge in [-0.3, -0.25) is 4.79 Å². The number of benzene rings is 3. The Morgan fingerprint density at radius 3 is 2.20 bits per heavy atom. The molecule has 152 valence electrons. The number of halogens is 1. The summed E-state index contributed by atoms with van der Waals surface area (Å²) in [5.74, 6) is 0.820. The highest BCUT2D eigenvalue weighted by Crippen LogP contribution is 2.25. The van der Waals surface area contributed by atoms with Crippen molar-refractivity contribution >= 4 is 33.8 Å². The predicted molar refractivity (Wildman–Crippen MR) is 118 cm³/mol. The van der Waals surface area contributed by atoms with Crippen LogP contribution in [0.15, 0.2) is 77.3 Å². The molecule has 5 nitrogen and oxygen atoms in total. The molecule has 30 heavy (non-hydrogen) atoms. The summed E-state index contributed by atoms with van der Waals surface area (Å²) in [4.78, 5) is 24.8. The van der Waals surface area contributed by atoms with Crippen molar-refractivity contribution in [2.75, 3.05) is 14.2 Å². The van der Waals surface area contributed by atoms with E-state index >= 15 is 0 Å². The molecule has 0 spiro atoms. The first kappa shape index (κ1) is 21.3. The lowest BCUT2D eigenvalue weighted by atomic mass is 10.1. The van der Waals surface area contributed by atoms with Crippen LogP contribution < -0.4 is 14.2 Å². The van der Waals surface area contributed by atoms with Crippen molar-refractivity contribution in [2.24, 2.45) is 0 Å². The summed E-state index contributed by atoms with van der Waals surface area (Å²) in [5.41, 5.74) is 1.67. The van der Waals surface area contributed by atoms with Gasteiger partial charge in [-0.15, -0.1) is 0 Å². The third-order valence-electron chi connectivity index (χ3n) is 4.29. The molecule has 0 radical (unpaired) electrons. The first-order valence-corrected chi connectivity index (χ1v) is 9.82. The molecule has 0 amide bonds. The van der Waals surface area contributed by atoms with E-state index in [2.05, 4.69) is 15.9 Å². The fourth-order valence-corrected chi connectivity index (χ4v) is 3.15. The molecule has 0 bridgehead atoms. The fourth-order valence-electron chi connectivity index (χ4n) is 2.70. The minimum atomic E-state index is -0.451. The van der Waals surface area contributed by atoms with Gasteiger partial charge in [-0.05, 0) is 64.0 Å². The first-order chi connectivity index (χ1) is 14.5. The van der Waals surface area contributed by atoms with E-state index in [1.54, 1.807) is 73.8 Å². The minimum absolute atomic E-state index is 0.195. The quantitative estimate of drug-likeness (QED) is 0.197. The number of methoxy groups -OCH3 is 2. The zero-order valence-corrected chi connectivity index (χ0v) is 18.0. The maximum Gasteiger partial charge on any atom is 0.344 e. The standard InChI is InChI=1S/C24H19BrO5/c1-28-18-12-13-20(23(15-18)29-2)22(26)14-9-16-7-10-17(11-8-16)30-24(27)19-5-3-4-6-21(19)25/h3-15H,1-2H3. The molecule has 0 fully saturated rings. The minimum Gasteiger partial charge on any atom is -0.497 e. The third-order valence-corrected chi connectivity index (χ3v) is 4.98. The largest absolute Gasteiger partial charge is 0.497 e. The van der Waals surface area contributed by atoms with Crippen molar-refractivity contribution in [2.45, 2.75) is 0 Å². The first-order valence-electron chi connectivity index (χ1n) is 9.03.